The second kappa shape index (κ2) is 34.2. The van der Waals surface area contributed by atoms with Crippen molar-refractivity contribution in [3.63, 3.8) is 0 Å². The highest BCUT2D eigenvalue weighted by atomic mass is 15.5. The highest BCUT2D eigenvalue weighted by molar-refractivity contribution is 4.96. The molecule has 586 valence electrons. The molecule has 0 aliphatic carbocycles. The van der Waals surface area contributed by atoms with Gasteiger partial charge in [0.15, 0.2) is 0 Å². The second-order valence-electron chi connectivity index (χ2n) is 42.4. The summed E-state index contributed by atoms with van der Waals surface area (Å²) in [5.41, 5.74) is 0.726. The number of piperidine rings is 5. The van der Waals surface area contributed by atoms with Crippen LogP contribution in [0.5, 0.6) is 0 Å². The third-order valence-electron chi connectivity index (χ3n) is 33.9. The summed E-state index contributed by atoms with van der Waals surface area (Å²) in [5, 5.41) is 0. The number of likely N-dealkylation sites (N-methyl/N-ethyl adjacent to an activating group) is 1. The molecule has 10 bridgehead atoms. The number of nitrogens with zero attached hydrogens (tertiary/aromatic N) is 12. The maximum atomic E-state index is 2.75. The molecule has 0 radical (unpaired) electrons. The lowest BCUT2D eigenvalue weighted by molar-refractivity contribution is -0.966. The third-order valence-corrected chi connectivity index (χ3v) is 33.9. The fourth-order valence-electron chi connectivity index (χ4n) is 24.7. The molecule has 0 amide bonds. The fourth-order valence-corrected chi connectivity index (χ4v) is 24.7. The molecule has 16 saturated heterocycles. The SMILES string of the molecule is CC(C)C12CC[N+](C(C)C)(CC1)C2.CC(C)C1C[N+]2(C(C)C)CCC1CC2.CC(C)N1CC2CC1C[N+]2(C)C(C)C.CC(C)N1CC2C[N+](C)(C(C)C)CC2C1.CC(C)N1CC[N+]2(C(C)C)CCC1C2.CC(C)N1CC[N+]2(C(C)C)CCC1CC2.CC(C)N1CC[N+]2(C(C)C)CCCC2C1. The van der Waals surface area contributed by atoms with Crippen molar-refractivity contribution in [3.05, 3.63) is 0 Å². The van der Waals surface area contributed by atoms with E-state index in [1.165, 1.54) is 253 Å². The topological polar surface area (TPSA) is 16.2 Å². The lowest BCUT2D eigenvalue weighted by Crippen LogP contribution is -2.66. The Labute approximate surface area is 625 Å². The molecule has 10 atom stereocenters. The van der Waals surface area contributed by atoms with E-state index >= 15 is 0 Å². The maximum absolute atomic E-state index is 2.75. The summed E-state index contributed by atoms with van der Waals surface area (Å²) in [7, 11) is 4.90. The van der Waals surface area contributed by atoms with E-state index in [0.717, 1.165) is 144 Å². The van der Waals surface area contributed by atoms with Gasteiger partial charge >= 0.3 is 0 Å². The molecule has 16 aliphatic rings. The molecule has 0 aromatic carbocycles. The summed E-state index contributed by atoms with van der Waals surface area (Å²) in [6.07, 6.45) is 14.6. The zero-order valence-corrected chi connectivity index (χ0v) is 73.2. The number of hydrogen-bond donors (Lipinski definition) is 0. The first-order valence-electron chi connectivity index (χ1n) is 44.3. The molecular weight excluding hydrogens is 1230 g/mol. The minimum Gasteiger partial charge on any atom is -0.324 e. The molecule has 0 aromatic heterocycles. The monoisotopic (exact) mass is 1410 g/mol. The molecule has 0 N–H and O–H groups in total. The predicted molar refractivity (Wildman–Crippen MR) is 432 cm³/mol. The molecule has 12 heteroatoms. The summed E-state index contributed by atoms with van der Waals surface area (Å²) < 4.78 is 9.68. The number of rotatable bonds is 14. The molecular formula is C88H181N12+7. The van der Waals surface area contributed by atoms with E-state index in [1.807, 2.05) is 0 Å². The fraction of sp³-hybridized carbons (Fsp3) is 1.00. The van der Waals surface area contributed by atoms with Crippen molar-refractivity contribution < 1.29 is 31.4 Å². The Morgan fingerprint density at radius 1 is 0.330 bits per heavy atom. The van der Waals surface area contributed by atoms with Crippen molar-refractivity contribution in [1.29, 1.82) is 0 Å². The first kappa shape index (κ1) is 85.1. The van der Waals surface area contributed by atoms with Crippen LogP contribution >= 0.6 is 0 Å². The van der Waals surface area contributed by atoms with Crippen molar-refractivity contribution in [1.82, 2.24) is 24.5 Å². The van der Waals surface area contributed by atoms with Gasteiger partial charge in [-0.2, -0.15) is 0 Å². The first-order valence-corrected chi connectivity index (χ1v) is 44.3. The average Bonchev–Trinajstić information content (AvgIpc) is 1.43. The summed E-state index contributed by atoms with van der Waals surface area (Å²) in [4.78, 5) is 13.5. The smallest absolute Gasteiger partial charge is 0.104 e. The standard InChI is InChI=1S/3C13H27N2.C13H26N.2C12H25N2.C12H24N/c1-10(2)14-6-12-8-15(5,11(3)4)9-13(12)7-14;1-11(2)14-7-10-15(12(3)4)8-5-13(14)6-9-15;1-11(2)14-7-9-15(12(3)4)8-5-6-13(15)10-14;1-10(2)13-9-14(11(3)4)7-5-12(13)6-8-14;1-9(2)13-7-12-6-11(13)8-14(12,5)10(3)4;1-10(2)13-6-8-14(11(3)4)7-5-12(13)9-14;1-10(2)12-5-7-13(9-12,8-6-12)11(3)4/h10-13H,6-9H2,1-5H3;2*11-13H,5-10H2,1-4H3;10-13H,5-9H2,1-4H3;9-12H,6-8H2,1-5H3;10-12H,5-9H2,1-4H3;10-11H,5-9H2,1-4H3/q7*+1. The number of likely N-dealkylation sites (tertiary alicyclic amines) is 4. The molecule has 10 unspecified atom stereocenters. The molecule has 16 aliphatic heterocycles. The normalized spacial score (nSPS) is 40.6. The van der Waals surface area contributed by atoms with Gasteiger partial charge in [-0.15, -0.1) is 0 Å². The maximum Gasteiger partial charge on any atom is 0.104 e. The number of quaternary nitrogens is 7. The van der Waals surface area contributed by atoms with Gasteiger partial charge in [0.2, 0.25) is 0 Å². The van der Waals surface area contributed by atoms with Gasteiger partial charge in [0.05, 0.1) is 193 Å². The first-order chi connectivity index (χ1) is 46.6. The van der Waals surface area contributed by atoms with E-state index in [1.54, 1.807) is 0 Å². The summed E-state index contributed by atoms with van der Waals surface area (Å²) in [6, 6.07) is 13.9. The van der Waals surface area contributed by atoms with Crippen molar-refractivity contribution in [2.45, 2.75) is 361 Å². The average molecular weight is 1410 g/mol. The van der Waals surface area contributed by atoms with Crippen LogP contribution in [0.2, 0.25) is 0 Å². The van der Waals surface area contributed by atoms with Crippen molar-refractivity contribution in [2.24, 2.45) is 40.9 Å². The van der Waals surface area contributed by atoms with Crippen LogP contribution in [0.3, 0.4) is 0 Å². The Morgan fingerprint density at radius 2 is 0.810 bits per heavy atom. The quantitative estimate of drug-likeness (QED) is 0.161. The molecule has 16 heterocycles. The van der Waals surface area contributed by atoms with Crippen molar-refractivity contribution in [3.8, 4) is 0 Å². The molecule has 0 spiro atoms. The van der Waals surface area contributed by atoms with Gasteiger partial charge in [-0.1, -0.05) is 27.7 Å². The van der Waals surface area contributed by atoms with E-state index in [9.17, 15) is 0 Å². The zero-order chi connectivity index (χ0) is 74.2. The van der Waals surface area contributed by atoms with E-state index < -0.39 is 0 Å². The summed E-state index contributed by atoms with van der Waals surface area (Å²) in [5.74, 6) is 5.82. The van der Waals surface area contributed by atoms with Gasteiger partial charge < -0.3 is 31.4 Å². The Morgan fingerprint density at radius 3 is 1.23 bits per heavy atom. The van der Waals surface area contributed by atoms with Crippen LogP contribution in [0.25, 0.3) is 0 Å². The lowest BCUT2D eigenvalue weighted by Gasteiger charge is -2.56. The number of hydrogen-bond acceptors (Lipinski definition) is 5. The lowest BCUT2D eigenvalue weighted by atomic mass is 9.71. The number of piperazine rings is 3. The van der Waals surface area contributed by atoms with E-state index in [-0.39, 0.29) is 0 Å². The van der Waals surface area contributed by atoms with Crippen LogP contribution in [0.1, 0.15) is 258 Å². The van der Waals surface area contributed by atoms with Gasteiger partial charge in [-0.3, -0.25) is 24.5 Å². The van der Waals surface area contributed by atoms with Gasteiger partial charge in [0.1, 0.15) is 12.1 Å². The van der Waals surface area contributed by atoms with Gasteiger partial charge in [-0.05, 0) is 184 Å². The molecule has 12 nitrogen and oxygen atoms in total. The van der Waals surface area contributed by atoms with Crippen molar-refractivity contribution in [2.75, 3.05) is 171 Å². The molecule has 16 rings (SSSR count). The number of fused-ring (bicyclic) bond motifs is 15. The van der Waals surface area contributed by atoms with Crippen LogP contribution in [-0.4, -0.2) is 330 Å². The Bertz CT molecular complexity index is 2390. The van der Waals surface area contributed by atoms with Crippen LogP contribution in [-0.2, 0) is 0 Å². The van der Waals surface area contributed by atoms with Gasteiger partial charge in [0.25, 0.3) is 0 Å². The van der Waals surface area contributed by atoms with Crippen molar-refractivity contribution >= 4 is 0 Å². The molecule has 100 heavy (non-hydrogen) atoms. The highest BCUT2D eigenvalue weighted by Crippen LogP contribution is 2.52. The van der Waals surface area contributed by atoms with Crippen LogP contribution in [0.4, 0.5) is 0 Å². The van der Waals surface area contributed by atoms with E-state index in [0.29, 0.717) is 0 Å². The summed E-state index contributed by atoms with van der Waals surface area (Å²) in [6.45, 7) is 100. The predicted octanol–water partition coefficient (Wildman–Crippen LogP) is 15.0. The second-order valence-corrected chi connectivity index (χ2v) is 42.4. The zero-order valence-electron chi connectivity index (χ0n) is 73.2. The minimum absolute atomic E-state index is 0.726. The van der Waals surface area contributed by atoms with Crippen LogP contribution in [0, 0.1) is 40.9 Å². The Balaban J connectivity index is 0.000000148. The van der Waals surface area contributed by atoms with Crippen LogP contribution in [0.15, 0.2) is 0 Å². The third kappa shape index (κ3) is 18.2. The molecule has 0 aromatic rings. The largest absolute Gasteiger partial charge is 0.324 e. The van der Waals surface area contributed by atoms with Crippen LogP contribution < -0.4 is 0 Å². The minimum atomic E-state index is 0.726. The van der Waals surface area contributed by atoms with E-state index in [2.05, 4.69) is 232 Å². The Kier molecular flexibility index (Phi) is 29.1. The molecule has 0 saturated carbocycles. The van der Waals surface area contributed by atoms with E-state index in [4.69, 9.17) is 0 Å². The Hall–Kier alpha value is -0.480. The molecule has 16 fully saturated rings. The van der Waals surface area contributed by atoms with Gasteiger partial charge in [-0.25, -0.2) is 0 Å². The van der Waals surface area contributed by atoms with Gasteiger partial charge in [0, 0.05) is 156 Å². The summed E-state index contributed by atoms with van der Waals surface area (Å²) >= 11 is 0. The highest BCUT2D eigenvalue weighted by Gasteiger charge is 2.59.